The fourth-order valence-electron chi connectivity index (χ4n) is 2.90. The largest absolute Gasteiger partial charge is 0.393 e. The van der Waals surface area contributed by atoms with Crippen molar-refractivity contribution in [3.8, 4) is 0 Å². The highest BCUT2D eigenvalue weighted by molar-refractivity contribution is 7.86. The zero-order chi connectivity index (χ0) is 12.8. The number of piperidine rings is 1. The van der Waals surface area contributed by atoms with Crippen LogP contribution in [0.4, 0.5) is 0 Å². The lowest BCUT2D eigenvalue weighted by Crippen LogP contribution is -2.53. The molecule has 0 aromatic carbocycles. The van der Waals surface area contributed by atoms with Crippen molar-refractivity contribution >= 4 is 10.2 Å². The standard InChI is InChI=1S/C11H22N2O3S/c1-8(2)12(3)17(15,16)13-9-4-5-10(13)7-11(14)6-9/h8-11,14H,4-7H2,1-3H3. The molecule has 2 heterocycles. The van der Waals surface area contributed by atoms with Crippen molar-refractivity contribution in [2.45, 2.75) is 63.8 Å². The molecule has 100 valence electrons. The summed E-state index contributed by atoms with van der Waals surface area (Å²) in [6, 6.07) is -0.0452. The molecule has 2 unspecified atom stereocenters. The summed E-state index contributed by atoms with van der Waals surface area (Å²) in [5.74, 6) is 0. The van der Waals surface area contributed by atoms with Gasteiger partial charge in [-0.15, -0.1) is 0 Å². The van der Waals surface area contributed by atoms with Gasteiger partial charge in [-0.05, 0) is 39.5 Å². The third-order valence-corrected chi connectivity index (χ3v) is 6.28. The van der Waals surface area contributed by atoms with Gasteiger partial charge in [0.05, 0.1) is 6.10 Å². The van der Waals surface area contributed by atoms with Gasteiger partial charge in [0, 0.05) is 25.2 Å². The Morgan fingerprint density at radius 2 is 1.71 bits per heavy atom. The predicted octanol–water partition coefficient (Wildman–Crippen LogP) is 0.559. The van der Waals surface area contributed by atoms with Crippen LogP contribution in [-0.4, -0.2) is 53.4 Å². The van der Waals surface area contributed by atoms with E-state index in [9.17, 15) is 13.5 Å². The SMILES string of the molecule is CC(C)N(C)S(=O)(=O)N1C2CCC1CC(O)C2. The molecule has 17 heavy (non-hydrogen) atoms. The highest BCUT2D eigenvalue weighted by Gasteiger charge is 2.47. The predicted molar refractivity (Wildman–Crippen MR) is 65.7 cm³/mol. The average Bonchev–Trinajstić information content (AvgIpc) is 2.51. The molecule has 2 aliphatic heterocycles. The Bertz CT molecular complexity index is 368. The molecule has 6 heteroatoms. The lowest BCUT2D eigenvalue weighted by Gasteiger charge is -2.39. The zero-order valence-corrected chi connectivity index (χ0v) is 11.5. The van der Waals surface area contributed by atoms with Gasteiger partial charge in [-0.3, -0.25) is 0 Å². The van der Waals surface area contributed by atoms with Crippen LogP contribution in [0.5, 0.6) is 0 Å². The first-order chi connectivity index (χ1) is 7.84. The normalized spacial score (nSPS) is 34.8. The van der Waals surface area contributed by atoms with Gasteiger partial charge in [-0.25, -0.2) is 0 Å². The van der Waals surface area contributed by atoms with Gasteiger partial charge in [-0.1, -0.05) is 0 Å². The molecule has 0 radical (unpaired) electrons. The minimum Gasteiger partial charge on any atom is -0.393 e. The number of rotatable bonds is 3. The molecule has 2 bridgehead atoms. The topological polar surface area (TPSA) is 60.9 Å². The quantitative estimate of drug-likeness (QED) is 0.808. The molecule has 0 saturated carbocycles. The first-order valence-corrected chi connectivity index (χ1v) is 7.68. The summed E-state index contributed by atoms with van der Waals surface area (Å²) < 4.78 is 28.0. The van der Waals surface area contributed by atoms with E-state index in [0.29, 0.717) is 12.8 Å². The van der Waals surface area contributed by atoms with Gasteiger partial charge in [0.25, 0.3) is 10.2 Å². The maximum absolute atomic E-state index is 12.5. The van der Waals surface area contributed by atoms with Crippen LogP contribution in [-0.2, 0) is 10.2 Å². The van der Waals surface area contributed by atoms with E-state index in [2.05, 4.69) is 0 Å². The van der Waals surface area contributed by atoms with Gasteiger partial charge in [-0.2, -0.15) is 17.0 Å². The Morgan fingerprint density at radius 1 is 1.24 bits per heavy atom. The number of hydrogen-bond donors (Lipinski definition) is 1. The van der Waals surface area contributed by atoms with Crippen LogP contribution in [0.15, 0.2) is 0 Å². The maximum atomic E-state index is 12.5. The molecule has 2 saturated heterocycles. The Balaban J connectivity index is 2.24. The number of aliphatic hydroxyl groups is 1. The van der Waals surface area contributed by atoms with Crippen LogP contribution in [0, 0.1) is 0 Å². The van der Waals surface area contributed by atoms with Crippen molar-refractivity contribution in [1.82, 2.24) is 8.61 Å². The van der Waals surface area contributed by atoms with E-state index in [-0.39, 0.29) is 24.2 Å². The van der Waals surface area contributed by atoms with E-state index in [0.717, 1.165) is 12.8 Å². The third-order valence-electron chi connectivity index (χ3n) is 4.00. The summed E-state index contributed by atoms with van der Waals surface area (Å²) in [7, 11) is -1.74. The lowest BCUT2D eigenvalue weighted by atomic mass is 10.0. The fourth-order valence-corrected chi connectivity index (χ4v) is 4.86. The van der Waals surface area contributed by atoms with Gasteiger partial charge in [0.1, 0.15) is 0 Å². The Hall–Kier alpha value is -0.170. The second kappa shape index (κ2) is 4.50. The number of hydrogen-bond acceptors (Lipinski definition) is 3. The zero-order valence-electron chi connectivity index (χ0n) is 10.7. The van der Waals surface area contributed by atoms with Gasteiger partial charge >= 0.3 is 0 Å². The van der Waals surface area contributed by atoms with E-state index in [1.165, 1.54) is 4.31 Å². The summed E-state index contributed by atoms with van der Waals surface area (Å²) in [4.78, 5) is 0. The summed E-state index contributed by atoms with van der Waals surface area (Å²) >= 11 is 0. The summed E-state index contributed by atoms with van der Waals surface area (Å²) in [6.07, 6.45) is 2.60. The molecule has 0 amide bonds. The van der Waals surface area contributed by atoms with Crippen molar-refractivity contribution in [1.29, 1.82) is 0 Å². The minimum atomic E-state index is -3.37. The average molecular weight is 262 g/mol. The van der Waals surface area contributed by atoms with Gasteiger partial charge < -0.3 is 5.11 Å². The fraction of sp³-hybridized carbons (Fsp3) is 1.00. The summed E-state index contributed by atoms with van der Waals surface area (Å²) in [5, 5.41) is 9.69. The van der Waals surface area contributed by atoms with E-state index >= 15 is 0 Å². The highest BCUT2D eigenvalue weighted by Crippen LogP contribution is 2.38. The van der Waals surface area contributed by atoms with Crippen LogP contribution in [0.25, 0.3) is 0 Å². The van der Waals surface area contributed by atoms with Crippen LogP contribution in [0.2, 0.25) is 0 Å². The van der Waals surface area contributed by atoms with Gasteiger partial charge in [0.2, 0.25) is 0 Å². The van der Waals surface area contributed by atoms with Gasteiger partial charge in [0.15, 0.2) is 0 Å². The van der Waals surface area contributed by atoms with Crippen molar-refractivity contribution < 1.29 is 13.5 Å². The third kappa shape index (κ3) is 2.23. The molecule has 0 aliphatic carbocycles. The second-order valence-electron chi connectivity index (χ2n) is 5.46. The Morgan fingerprint density at radius 3 is 2.12 bits per heavy atom. The highest BCUT2D eigenvalue weighted by atomic mass is 32.2. The van der Waals surface area contributed by atoms with Crippen LogP contribution < -0.4 is 0 Å². The van der Waals surface area contributed by atoms with E-state index in [1.54, 1.807) is 11.4 Å². The number of aliphatic hydroxyl groups excluding tert-OH is 1. The number of fused-ring (bicyclic) bond motifs is 2. The van der Waals surface area contributed by atoms with Crippen LogP contribution in [0.3, 0.4) is 0 Å². The van der Waals surface area contributed by atoms with Crippen molar-refractivity contribution in [3.05, 3.63) is 0 Å². The maximum Gasteiger partial charge on any atom is 0.282 e. The molecule has 1 N–H and O–H groups in total. The molecule has 0 aromatic rings. The molecular formula is C11H22N2O3S. The monoisotopic (exact) mass is 262 g/mol. The van der Waals surface area contributed by atoms with Crippen molar-refractivity contribution in [2.24, 2.45) is 0 Å². The molecule has 2 fully saturated rings. The molecule has 2 rings (SSSR count). The molecule has 2 atom stereocenters. The molecule has 5 nitrogen and oxygen atoms in total. The van der Waals surface area contributed by atoms with Crippen LogP contribution in [0.1, 0.15) is 39.5 Å². The lowest BCUT2D eigenvalue weighted by molar-refractivity contribution is 0.0736. The van der Waals surface area contributed by atoms with E-state index in [1.807, 2.05) is 13.8 Å². The van der Waals surface area contributed by atoms with Crippen molar-refractivity contribution in [3.63, 3.8) is 0 Å². The first-order valence-electron chi connectivity index (χ1n) is 6.28. The Labute approximate surface area is 104 Å². The summed E-state index contributed by atoms with van der Waals surface area (Å²) in [5.41, 5.74) is 0. The minimum absolute atomic E-state index is 0.00468. The van der Waals surface area contributed by atoms with Crippen LogP contribution >= 0.6 is 0 Å². The molecule has 0 spiro atoms. The van der Waals surface area contributed by atoms with E-state index in [4.69, 9.17) is 0 Å². The van der Waals surface area contributed by atoms with E-state index < -0.39 is 10.2 Å². The van der Waals surface area contributed by atoms with Crippen molar-refractivity contribution in [2.75, 3.05) is 7.05 Å². The number of nitrogens with zero attached hydrogens (tertiary/aromatic N) is 2. The second-order valence-corrected chi connectivity index (χ2v) is 7.35. The molecule has 2 aliphatic rings. The smallest absolute Gasteiger partial charge is 0.282 e. The molecular weight excluding hydrogens is 240 g/mol. The Kier molecular flexibility index (Phi) is 3.51. The first kappa shape index (κ1) is 13.3. The molecule has 0 aromatic heterocycles. The summed E-state index contributed by atoms with van der Waals surface area (Å²) in [6.45, 7) is 3.75.